The maximum Gasteiger partial charge on any atom is 0.407 e. The number of fused-ring (bicyclic) bond motifs is 1. The van der Waals surface area contributed by atoms with E-state index in [0.717, 1.165) is 27.7 Å². The summed E-state index contributed by atoms with van der Waals surface area (Å²) < 4.78 is 16.9. The second-order valence-electron chi connectivity index (χ2n) is 7.54. The Bertz CT molecular complexity index is 685. The fraction of sp³-hybridized carbons (Fsp3) is 0.688. The van der Waals surface area contributed by atoms with E-state index >= 15 is 0 Å². The lowest BCUT2D eigenvalue weighted by atomic mass is 9.75. The summed E-state index contributed by atoms with van der Waals surface area (Å²) in [6.07, 6.45) is 1.33. The van der Waals surface area contributed by atoms with Crippen LogP contribution in [0.3, 0.4) is 0 Å². The lowest BCUT2D eigenvalue weighted by molar-refractivity contribution is 0.114. The number of nitrogens with zero attached hydrogens (tertiary/aromatic N) is 3. The number of rotatable bonds is 1. The molecular formula is C16H23N3O3S2. The zero-order valence-corrected chi connectivity index (χ0v) is 16.1. The number of thiazole rings is 1. The van der Waals surface area contributed by atoms with Crippen molar-refractivity contribution in [3.8, 4) is 0 Å². The molecule has 1 aliphatic heterocycles. The third-order valence-corrected chi connectivity index (χ3v) is 7.13. The Morgan fingerprint density at radius 3 is 2.58 bits per heavy atom. The molecule has 3 rings (SSSR count). The number of piperidine rings is 1. The number of aromatic nitrogens is 1. The van der Waals surface area contributed by atoms with Crippen molar-refractivity contribution in [2.45, 2.75) is 51.7 Å². The average Bonchev–Trinajstić information content (AvgIpc) is 2.94. The minimum Gasteiger partial charge on any atom is -0.591 e. The summed E-state index contributed by atoms with van der Waals surface area (Å²) >= 11 is 0.273. The summed E-state index contributed by atoms with van der Waals surface area (Å²) in [6, 6.07) is 0. The summed E-state index contributed by atoms with van der Waals surface area (Å²) in [7, 11) is 0. The molecule has 2 aliphatic rings. The number of amides is 1. The zero-order valence-electron chi connectivity index (χ0n) is 14.5. The third-order valence-electron chi connectivity index (χ3n) is 4.72. The van der Waals surface area contributed by atoms with Crippen LogP contribution in [0.5, 0.6) is 0 Å². The fourth-order valence-corrected chi connectivity index (χ4v) is 5.15. The molecule has 1 amide bonds. The van der Waals surface area contributed by atoms with Gasteiger partial charge in [0.15, 0.2) is 0 Å². The molecule has 1 fully saturated rings. The van der Waals surface area contributed by atoms with E-state index in [1.807, 2.05) is 27.7 Å². The first-order chi connectivity index (χ1) is 11.1. The van der Waals surface area contributed by atoms with Crippen LogP contribution in [0, 0.1) is 12.3 Å². The van der Waals surface area contributed by atoms with Gasteiger partial charge < -0.3 is 14.6 Å². The highest BCUT2D eigenvalue weighted by atomic mass is 32.2. The van der Waals surface area contributed by atoms with Crippen LogP contribution in [-0.4, -0.2) is 49.2 Å². The van der Waals surface area contributed by atoms with Crippen molar-refractivity contribution in [3.63, 3.8) is 0 Å². The van der Waals surface area contributed by atoms with Crippen LogP contribution in [0.2, 0.25) is 0 Å². The molecule has 0 aromatic carbocycles. The van der Waals surface area contributed by atoms with Gasteiger partial charge in [0.25, 0.3) is 0 Å². The number of hydrogen-bond acceptors (Lipinski definition) is 5. The van der Waals surface area contributed by atoms with E-state index in [9.17, 15) is 14.5 Å². The molecule has 0 radical (unpaired) electrons. The van der Waals surface area contributed by atoms with Gasteiger partial charge in [-0.2, -0.15) is 0 Å². The Labute approximate surface area is 149 Å². The number of carbonyl (C=O) groups is 1. The summed E-state index contributed by atoms with van der Waals surface area (Å²) in [6.45, 7) is 8.71. The van der Waals surface area contributed by atoms with Gasteiger partial charge in [-0.3, -0.25) is 0 Å². The van der Waals surface area contributed by atoms with E-state index in [1.54, 1.807) is 11.3 Å². The third kappa shape index (κ3) is 3.07. The second kappa shape index (κ2) is 6.00. The molecule has 1 aromatic rings. The Morgan fingerprint density at radius 2 is 2.04 bits per heavy atom. The molecule has 1 atom stereocenters. The van der Waals surface area contributed by atoms with Crippen LogP contribution in [0.4, 0.5) is 4.79 Å². The van der Waals surface area contributed by atoms with E-state index < -0.39 is 22.2 Å². The molecule has 1 aromatic heterocycles. The Hall–Kier alpha value is -1.12. The van der Waals surface area contributed by atoms with Gasteiger partial charge in [0.1, 0.15) is 21.8 Å². The van der Waals surface area contributed by atoms with Crippen molar-refractivity contribution in [3.05, 3.63) is 15.6 Å². The van der Waals surface area contributed by atoms with Crippen molar-refractivity contribution in [1.29, 1.82) is 0 Å². The maximum atomic E-state index is 12.6. The number of hydrogen-bond donors (Lipinski definition) is 1. The van der Waals surface area contributed by atoms with Crippen LogP contribution in [-0.2, 0) is 17.8 Å². The quantitative estimate of drug-likeness (QED) is 0.771. The average molecular weight is 370 g/mol. The Morgan fingerprint density at radius 1 is 1.42 bits per heavy atom. The smallest absolute Gasteiger partial charge is 0.407 e. The van der Waals surface area contributed by atoms with E-state index in [4.69, 9.17) is 0 Å². The van der Waals surface area contributed by atoms with Gasteiger partial charge in [0, 0.05) is 24.9 Å². The second-order valence-corrected chi connectivity index (χ2v) is 10.6. The van der Waals surface area contributed by atoms with E-state index in [2.05, 4.69) is 9.38 Å². The van der Waals surface area contributed by atoms with Gasteiger partial charge in [0.05, 0.1) is 15.6 Å². The molecule has 1 aliphatic carbocycles. The van der Waals surface area contributed by atoms with E-state index in [-0.39, 0.29) is 5.41 Å². The van der Waals surface area contributed by atoms with Crippen LogP contribution in [0.25, 0.3) is 0 Å². The zero-order chi connectivity index (χ0) is 17.7. The first kappa shape index (κ1) is 17.7. The highest BCUT2D eigenvalue weighted by Crippen LogP contribution is 2.47. The fourth-order valence-electron chi connectivity index (χ4n) is 3.32. The molecule has 1 saturated heterocycles. The van der Waals surface area contributed by atoms with Crippen molar-refractivity contribution >= 4 is 34.5 Å². The summed E-state index contributed by atoms with van der Waals surface area (Å²) in [4.78, 5) is 18.3. The Kier molecular flexibility index (Phi) is 4.42. The van der Waals surface area contributed by atoms with Crippen LogP contribution < -0.4 is 0 Å². The molecule has 0 unspecified atom stereocenters. The standard InChI is InChI=1S/C16H23N3O3S2/c1-10-17-11-9-16(5-7-19(8-6-16)14(20)21)13(12(11)23-10)18-24(22)15(2,3)4/h5-9H2,1-4H3,(H,20,21)/b18-13+/t24-/m0/s1. The summed E-state index contributed by atoms with van der Waals surface area (Å²) in [5.74, 6) is 0. The largest absolute Gasteiger partial charge is 0.591 e. The van der Waals surface area contributed by atoms with Gasteiger partial charge in [0.2, 0.25) is 0 Å². The van der Waals surface area contributed by atoms with Gasteiger partial charge >= 0.3 is 6.09 Å². The van der Waals surface area contributed by atoms with Crippen molar-refractivity contribution in [2.24, 2.45) is 9.81 Å². The van der Waals surface area contributed by atoms with Crippen molar-refractivity contribution in [1.82, 2.24) is 9.88 Å². The normalized spacial score (nSPS) is 22.9. The Balaban J connectivity index is 1.96. The van der Waals surface area contributed by atoms with E-state index in [0.29, 0.717) is 25.9 Å². The molecule has 1 spiro atoms. The minimum atomic E-state index is -1.33. The molecule has 2 heterocycles. The molecule has 8 heteroatoms. The highest BCUT2D eigenvalue weighted by Gasteiger charge is 2.49. The molecule has 24 heavy (non-hydrogen) atoms. The molecule has 0 saturated carbocycles. The lowest BCUT2D eigenvalue weighted by Gasteiger charge is -2.38. The maximum absolute atomic E-state index is 12.6. The first-order valence-electron chi connectivity index (χ1n) is 8.08. The number of carboxylic acid groups (broad SMARTS) is 1. The highest BCUT2D eigenvalue weighted by molar-refractivity contribution is 7.91. The molecule has 132 valence electrons. The number of likely N-dealkylation sites (tertiary alicyclic amines) is 1. The van der Waals surface area contributed by atoms with Crippen LogP contribution in [0.1, 0.15) is 49.2 Å². The monoisotopic (exact) mass is 369 g/mol. The summed E-state index contributed by atoms with van der Waals surface area (Å²) in [5, 5.41) is 10.2. The van der Waals surface area contributed by atoms with Gasteiger partial charge in [-0.05, 0) is 40.5 Å². The molecule has 6 nitrogen and oxygen atoms in total. The number of aryl methyl sites for hydroxylation is 1. The lowest BCUT2D eigenvalue weighted by Crippen LogP contribution is -2.45. The SMILES string of the molecule is Cc1nc2c(s1)/C(=N\[S@@+]([O-])C(C)(C)C)C1(CCN(C(=O)O)CC1)C2. The topological polar surface area (TPSA) is 88.9 Å². The first-order valence-corrected chi connectivity index (χ1v) is 10.0. The van der Waals surface area contributed by atoms with Crippen molar-refractivity contribution < 1.29 is 14.5 Å². The van der Waals surface area contributed by atoms with Crippen LogP contribution in [0.15, 0.2) is 4.40 Å². The predicted octanol–water partition coefficient (Wildman–Crippen LogP) is 3.02. The van der Waals surface area contributed by atoms with E-state index in [1.165, 1.54) is 4.90 Å². The van der Waals surface area contributed by atoms with Crippen molar-refractivity contribution in [2.75, 3.05) is 13.1 Å². The molecule has 0 bridgehead atoms. The van der Waals surface area contributed by atoms with Gasteiger partial charge in [-0.15, -0.1) is 11.3 Å². The van der Waals surface area contributed by atoms with Gasteiger partial charge in [-0.25, -0.2) is 9.78 Å². The molecule has 1 N–H and O–H groups in total. The minimum absolute atomic E-state index is 0.214. The van der Waals surface area contributed by atoms with Crippen LogP contribution >= 0.6 is 11.3 Å². The summed E-state index contributed by atoms with van der Waals surface area (Å²) in [5.41, 5.74) is 1.71. The predicted molar refractivity (Wildman–Crippen MR) is 96.3 cm³/mol. The van der Waals surface area contributed by atoms with Gasteiger partial charge in [-0.1, -0.05) is 4.40 Å². The molecular weight excluding hydrogens is 346 g/mol.